The molecule has 3 saturated carbocycles. The maximum atomic E-state index is 14.6. The molecule has 192 valence electrons. The highest BCUT2D eigenvalue weighted by Crippen LogP contribution is 2.75. The van der Waals surface area contributed by atoms with Gasteiger partial charge < -0.3 is 19.3 Å². The Hall–Kier alpha value is -0.770. The van der Waals surface area contributed by atoms with E-state index in [0.29, 0.717) is 45.3 Å². The van der Waals surface area contributed by atoms with Crippen LogP contribution in [0.5, 0.6) is 0 Å². The summed E-state index contributed by atoms with van der Waals surface area (Å²) in [5, 5.41) is 10.9. The second-order valence-corrected chi connectivity index (χ2v) is 12.8. The fourth-order valence-electron chi connectivity index (χ4n) is 8.34. The van der Waals surface area contributed by atoms with E-state index >= 15 is 0 Å². The van der Waals surface area contributed by atoms with Gasteiger partial charge in [-0.15, -0.1) is 0 Å². The molecule has 2 saturated heterocycles. The van der Waals surface area contributed by atoms with E-state index in [2.05, 4.69) is 13.8 Å². The third-order valence-electron chi connectivity index (χ3n) is 10.3. The number of fused-ring (bicyclic) bond motifs is 3. The molecule has 0 aromatic rings. The number of alkyl halides is 5. The fourth-order valence-corrected chi connectivity index (χ4v) is 8.34. The molecule has 6 rings (SSSR count). The molecule has 34 heavy (non-hydrogen) atoms. The van der Waals surface area contributed by atoms with Crippen LogP contribution >= 0.6 is 0 Å². The topological polar surface area (TPSA) is 51.2 Å². The molecule has 6 atom stereocenters. The number of halogens is 5. The smallest absolute Gasteiger partial charge is 0.383 e. The number of aliphatic hydroxyl groups is 1. The molecule has 0 bridgehead atoms. The van der Waals surface area contributed by atoms with E-state index in [1.807, 2.05) is 6.08 Å². The summed E-state index contributed by atoms with van der Waals surface area (Å²) in [6, 6.07) is 0. The van der Waals surface area contributed by atoms with Crippen molar-refractivity contribution in [3.8, 4) is 0 Å². The standard InChI is InChI=1S/C25H33F5O4/c1-18(2)13-32-21(33-14-18)10-11-22-17-5-7-19(3)16(15(17)4-8-20(22,12-21)34-22)6-9-23(19,31)24(26,27)25(28,29)30/h5,15-16,31H,4,6-14H2,1-3H3. The number of hydrogen-bond acceptors (Lipinski definition) is 4. The number of allylic oxidation sites excluding steroid dienone is 1. The van der Waals surface area contributed by atoms with Crippen LogP contribution in [-0.2, 0) is 14.2 Å². The van der Waals surface area contributed by atoms with Crippen LogP contribution in [0, 0.1) is 22.7 Å². The van der Waals surface area contributed by atoms with Gasteiger partial charge in [-0.25, -0.2) is 0 Å². The number of epoxide rings is 1. The molecule has 4 aliphatic carbocycles. The molecule has 4 nitrogen and oxygen atoms in total. The molecule has 1 N–H and O–H groups in total. The van der Waals surface area contributed by atoms with E-state index in [-0.39, 0.29) is 24.2 Å². The van der Waals surface area contributed by atoms with Crippen LogP contribution in [0.25, 0.3) is 0 Å². The Morgan fingerprint density at radius 3 is 2.26 bits per heavy atom. The van der Waals surface area contributed by atoms with E-state index in [9.17, 15) is 27.1 Å². The predicted molar refractivity (Wildman–Crippen MR) is 111 cm³/mol. The minimum atomic E-state index is -5.80. The first-order valence-corrected chi connectivity index (χ1v) is 12.4. The van der Waals surface area contributed by atoms with E-state index in [4.69, 9.17) is 14.2 Å². The van der Waals surface area contributed by atoms with Crippen LogP contribution in [0.15, 0.2) is 11.6 Å². The van der Waals surface area contributed by atoms with Crippen molar-refractivity contribution in [3.63, 3.8) is 0 Å². The van der Waals surface area contributed by atoms with E-state index < -0.39 is 52.4 Å². The van der Waals surface area contributed by atoms with Gasteiger partial charge in [-0.3, -0.25) is 0 Å². The van der Waals surface area contributed by atoms with Crippen molar-refractivity contribution in [2.75, 3.05) is 13.2 Å². The highest BCUT2D eigenvalue weighted by molar-refractivity contribution is 5.44. The van der Waals surface area contributed by atoms with Crippen molar-refractivity contribution < 1.29 is 41.3 Å². The molecule has 5 fully saturated rings. The molecular weight excluding hydrogens is 459 g/mol. The van der Waals surface area contributed by atoms with Gasteiger partial charge in [0.05, 0.1) is 13.2 Å². The van der Waals surface area contributed by atoms with Crippen LogP contribution in [0.1, 0.15) is 72.1 Å². The predicted octanol–water partition coefficient (Wildman–Crippen LogP) is 5.53. The lowest BCUT2D eigenvalue weighted by atomic mass is 9.52. The van der Waals surface area contributed by atoms with Gasteiger partial charge in [0.2, 0.25) is 0 Å². The minimum absolute atomic E-state index is 0.0147. The second-order valence-electron chi connectivity index (χ2n) is 12.8. The first kappa shape index (κ1) is 23.6. The lowest BCUT2D eigenvalue weighted by Gasteiger charge is -2.54. The second kappa shape index (κ2) is 6.37. The van der Waals surface area contributed by atoms with E-state index in [1.54, 1.807) is 0 Å². The molecular formula is C25H33F5O4. The molecule has 0 radical (unpaired) electrons. The molecule has 6 aliphatic rings. The third-order valence-corrected chi connectivity index (χ3v) is 10.3. The van der Waals surface area contributed by atoms with Crippen molar-refractivity contribution in [2.45, 2.75) is 107 Å². The minimum Gasteiger partial charge on any atom is -0.383 e. The Balaban J connectivity index is 1.29. The van der Waals surface area contributed by atoms with Crippen LogP contribution in [0.2, 0.25) is 0 Å². The van der Waals surface area contributed by atoms with Gasteiger partial charge in [0.15, 0.2) is 5.79 Å². The zero-order valence-corrected chi connectivity index (χ0v) is 19.9. The molecule has 1 spiro atoms. The summed E-state index contributed by atoms with van der Waals surface area (Å²) < 4.78 is 88.2. The van der Waals surface area contributed by atoms with Gasteiger partial charge in [-0.1, -0.05) is 26.8 Å². The Morgan fingerprint density at radius 1 is 0.941 bits per heavy atom. The van der Waals surface area contributed by atoms with Crippen LogP contribution < -0.4 is 0 Å². The molecule has 0 aromatic carbocycles. The third kappa shape index (κ3) is 2.63. The average molecular weight is 493 g/mol. The normalized spacial score (nSPS) is 48.9. The Labute approximate surface area is 196 Å². The van der Waals surface area contributed by atoms with Crippen molar-refractivity contribution in [2.24, 2.45) is 22.7 Å². The van der Waals surface area contributed by atoms with Crippen LogP contribution in [-0.4, -0.2) is 53.0 Å². The van der Waals surface area contributed by atoms with Gasteiger partial charge >= 0.3 is 12.1 Å². The zero-order chi connectivity index (χ0) is 24.6. The molecule has 0 aromatic heterocycles. The average Bonchev–Trinajstić information content (AvgIpc) is 3.35. The first-order valence-electron chi connectivity index (χ1n) is 12.4. The summed E-state index contributed by atoms with van der Waals surface area (Å²) in [5.74, 6) is -6.44. The maximum Gasteiger partial charge on any atom is 0.456 e. The number of hydrogen-bond donors (Lipinski definition) is 1. The van der Waals surface area contributed by atoms with Crippen LogP contribution in [0.3, 0.4) is 0 Å². The first-order chi connectivity index (χ1) is 15.6. The maximum absolute atomic E-state index is 14.6. The van der Waals surface area contributed by atoms with Crippen molar-refractivity contribution in [1.29, 1.82) is 0 Å². The summed E-state index contributed by atoms with van der Waals surface area (Å²) in [6.45, 7) is 6.83. The monoisotopic (exact) mass is 492 g/mol. The Bertz CT molecular complexity index is 936. The molecule has 6 unspecified atom stereocenters. The highest BCUT2D eigenvalue weighted by atomic mass is 19.4. The van der Waals surface area contributed by atoms with Gasteiger partial charge in [0, 0.05) is 23.7 Å². The van der Waals surface area contributed by atoms with Gasteiger partial charge in [-0.2, -0.15) is 22.0 Å². The summed E-state index contributed by atoms with van der Waals surface area (Å²) in [6.07, 6.45) is -1.11. The number of rotatable bonds is 1. The van der Waals surface area contributed by atoms with Gasteiger partial charge in [-0.05, 0) is 55.9 Å². The summed E-state index contributed by atoms with van der Waals surface area (Å²) in [7, 11) is 0. The Morgan fingerprint density at radius 2 is 1.62 bits per heavy atom. The van der Waals surface area contributed by atoms with E-state index in [1.165, 1.54) is 6.92 Å². The lowest BCUT2D eigenvalue weighted by molar-refractivity contribution is -0.361. The van der Waals surface area contributed by atoms with Crippen molar-refractivity contribution >= 4 is 0 Å². The van der Waals surface area contributed by atoms with E-state index in [0.717, 1.165) is 5.57 Å². The van der Waals surface area contributed by atoms with Crippen LogP contribution in [0.4, 0.5) is 22.0 Å². The lowest BCUT2D eigenvalue weighted by Crippen LogP contribution is -2.65. The molecule has 2 heterocycles. The highest BCUT2D eigenvalue weighted by Gasteiger charge is 2.82. The van der Waals surface area contributed by atoms with Gasteiger partial charge in [0.1, 0.15) is 16.8 Å². The summed E-state index contributed by atoms with van der Waals surface area (Å²) >= 11 is 0. The molecule has 0 amide bonds. The summed E-state index contributed by atoms with van der Waals surface area (Å²) in [4.78, 5) is 0. The quantitative estimate of drug-likeness (QED) is 0.297. The van der Waals surface area contributed by atoms with Crippen molar-refractivity contribution in [1.82, 2.24) is 0 Å². The zero-order valence-electron chi connectivity index (χ0n) is 19.9. The number of ether oxygens (including phenoxy) is 3. The SMILES string of the molecule is CC1(C)COC2(CCC34OC3(CCC3C4=CCC4(C)C3CCC4(O)C(F)(F)C(F)(F)F)C2)OC1. The fraction of sp³-hybridized carbons (Fsp3) is 0.920. The largest absolute Gasteiger partial charge is 0.456 e. The summed E-state index contributed by atoms with van der Waals surface area (Å²) in [5.41, 5.74) is -4.60. The molecule has 9 heteroatoms. The van der Waals surface area contributed by atoms with Crippen molar-refractivity contribution in [3.05, 3.63) is 11.6 Å². The van der Waals surface area contributed by atoms with Gasteiger partial charge in [0.25, 0.3) is 0 Å². The molecule has 2 aliphatic heterocycles. The Kier molecular flexibility index (Phi) is 4.43.